The number of hydrogen-bond donors (Lipinski definition) is 2. The fourth-order valence-electron chi connectivity index (χ4n) is 3.39. The highest BCUT2D eigenvalue weighted by Gasteiger charge is 2.34. The second kappa shape index (κ2) is 8.01. The first kappa shape index (κ1) is 20.3. The van der Waals surface area contributed by atoms with Crippen LogP contribution in [-0.4, -0.2) is 28.7 Å². The normalized spacial score (nSPS) is 15.3. The van der Waals surface area contributed by atoms with E-state index in [9.17, 15) is 9.59 Å². The van der Waals surface area contributed by atoms with Crippen LogP contribution in [0.4, 0.5) is 11.5 Å². The fraction of sp³-hybridized carbons (Fsp3) is 0.190. The Hall–Kier alpha value is -3.03. The third kappa shape index (κ3) is 3.74. The summed E-state index contributed by atoms with van der Waals surface area (Å²) in [6.07, 6.45) is -0.0239. The van der Waals surface area contributed by atoms with Gasteiger partial charge in [-0.2, -0.15) is 5.10 Å². The average Bonchev–Trinajstić information content (AvgIpc) is 3.04. The number of aromatic nitrogens is 2. The third-order valence-electron chi connectivity index (χ3n) is 4.92. The highest BCUT2D eigenvalue weighted by Crippen LogP contribution is 2.35. The highest BCUT2D eigenvalue weighted by molar-refractivity contribution is 6.32. The number of fused-ring (bicyclic) bond motifs is 1. The van der Waals surface area contributed by atoms with Gasteiger partial charge in [0.05, 0.1) is 24.2 Å². The Morgan fingerprint density at radius 3 is 2.63 bits per heavy atom. The minimum Gasteiger partial charge on any atom is -0.495 e. The first-order valence-corrected chi connectivity index (χ1v) is 9.92. The molecule has 0 aliphatic carbocycles. The lowest BCUT2D eigenvalue weighted by Gasteiger charge is -2.24. The molecule has 0 bridgehead atoms. The van der Waals surface area contributed by atoms with Gasteiger partial charge < -0.3 is 15.4 Å². The molecule has 1 aliphatic rings. The lowest BCUT2D eigenvalue weighted by atomic mass is 10.1. The van der Waals surface area contributed by atoms with Gasteiger partial charge in [-0.15, -0.1) is 0 Å². The Balaban J connectivity index is 1.66. The number of ether oxygens (including phenoxy) is 1. The minimum absolute atomic E-state index is 0.0239. The Kier molecular flexibility index (Phi) is 5.40. The molecule has 0 fully saturated rings. The number of nitrogens with one attached hydrogen (secondary N) is 2. The molecule has 0 unspecified atom stereocenters. The molecule has 2 amide bonds. The monoisotopic (exact) mass is 444 g/mol. The van der Waals surface area contributed by atoms with E-state index in [1.54, 1.807) is 35.0 Å². The molecule has 9 heteroatoms. The minimum atomic E-state index is -0.797. The van der Waals surface area contributed by atoms with Gasteiger partial charge >= 0.3 is 0 Å². The van der Waals surface area contributed by atoms with Gasteiger partial charge in [0.1, 0.15) is 17.6 Å². The van der Waals surface area contributed by atoms with E-state index in [4.69, 9.17) is 27.9 Å². The van der Waals surface area contributed by atoms with Crippen molar-refractivity contribution in [2.75, 3.05) is 17.7 Å². The topological polar surface area (TPSA) is 85.2 Å². The lowest BCUT2D eigenvalue weighted by Crippen LogP contribution is -2.35. The molecule has 154 valence electrons. The smallest absolute Gasteiger partial charge is 0.249 e. The summed E-state index contributed by atoms with van der Waals surface area (Å²) in [6.45, 7) is 1.85. The molecule has 2 N–H and O–H groups in total. The van der Waals surface area contributed by atoms with Crippen molar-refractivity contribution >= 4 is 46.5 Å². The van der Waals surface area contributed by atoms with E-state index >= 15 is 0 Å². The van der Waals surface area contributed by atoms with Crippen LogP contribution in [0.3, 0.4) is 0 Å². The van der Waals surface area contributed by atoms with Gasteiger partial charge in [-0.1, -0.05) is 35.3 Å². The zero-order valence-corrected chi connectivity index (χ0v) is 17.7. The van der Waals surface area contributed by atoms with Crippen molar-refractivity contribution in [2.45, 2.75) is 19.4 Å². The van der Waals surface area contributed by atoms with Crippen molar-refractivity contribution in [1.82, 2.24) is 9.78 Å². The number of anilines is 2. The van der Waals surface area contributed by atoms with E-state index in [1.807, 2.05) is 19.1 Å². The van der Waals surface area contributed by atoms with Crippen molar-refractivity contribution in [3.63, 3.8) is 0 Å². The molecule has 1 aliphatic heterocycles. The van der Waals surface area contributed by atoms with E-state index in [2.05, 4.69) is 15.7 Å². The second-order valence-electron chi connectivity index (χ2n) is 6.88. The van der Waals surface area contributed by atoms with Crippen LogP contribution in [-0.2, 0) is 9.59 Å². The van der Waals surface area contributed by atoms with Crippen LogP contribution in [0.15, 0.2) is 42.5 Å². The van der Waals surface area contributed by atoms with E-state index in [1.165, 1.54) is 7.11 Å². The van der Waals surface area contributed by atoms with Gasteiger partial charge in [0.15, 0.2) is 0 Å². The largest absolute Gasteiger partial charge is 0.495 e. The van der Waals surface area contributed by atoms with Crippen LogP contribution in [0, 0.1) is 6.92 Å². The third-order valence-corrected chi connectivity index (χ3v) is 5.47. The van der Waals surface area contributed by atoms with Crippen molar-refractivity contribution in [1.29, 1.82) is 0 Å². The summed E-state index contributed by atoms with van der Waals surface area (Å²) in [5.74, 6) is 0.395. The molecule has 2 heterocycles. The van der Waals surface area contributed by atoms with Crippen LogP contribution in [0.2, 0.25) is 10.0 Å². The van der Waals surface area contributed by atoms with Crippen molar-refractivity contribution in [3.8, 4) is 17.0 Å². The number of hydrogen-bond acceptors (Lipinski definition) is 4. The molecule has 3 aromatic rings. The van der Waals surface area contributed by atoms with Gasteiger partial charge in [-0.05, 0) is 37.3 Å². The van der Waals surface area contributed by atoms with E-state index in [0.717, 1.165) is 11.1 Å². The number of halogens is 2. The van der Waals surface area contributed by atoms with E-state index in [-0.39, 0.29) is 18.2 Å². The van der Waals surface area contributed by atoms with Crippen LogP contribution in [0.25, 0.3) is 11.3 Å². The first-order valence-electron chi connectivity index (χ1n) is 9.16. The summed E-state index contributed by atoms with van der Waals surface area (Å²) in [6, 6.07) is 11.4. The van der Waals surface area contributed by atoms with E-state index < -0.39 is 6.04 Å². The van der Waals surface area contributed by atoms with E-state index in [0.29, 0.717) is 33.0 Å². The maximum Gasteiger partial charge on any atom is 0.249 e. The fourth-order valence-corrected chi connectivity index (χ4v) is 3.78. The summed E-state index contributed by atoms with van der Waals surface area (Å²) in [5.41, 5.74) is 2.79. The Morgan fingerprint density at radius 1 is 1.23 bits per heavy atom. The summed E-state index contributed by atoms with van der Waals surface area (Å²) < 4.78 is 6.68. The van der Waals surface area contributed by atoms with Crippen molar-refractivity contribution in [3.05, 3.63) is 58.1 Å². The highest BCUT2D eigenvalue weighted by atomic mass is 35.5. The molecule has 30 heavy (non-hydrogen) atoms. The predicted molar refractivity (Wildman–Crippen MR) is 116 cm³/mol. The number of amides is 2. The average molecular weight is 445 g/mol. The van der Waals surface area contributed by atoms with Crippen LogP contribution < -0.4 is 15.4 Å². The number of methoxy groups -OCH3 is 1. The molecule has 2 aromatic carbocycles. The van der Waals surface area contributed by atoms with Gasteiger partial charge in [0, 0.05) is 21.8 Å². The SMILES string of the molecule is COc1ccc(NC(=O)[C@@H]2CC(=O)Nc3c(C)c(-c4ccc(Cl)cc4)nn32)cc1Cl. The first-order chi connectivity index (χ1) is 14.4. The van der Waals surface area contributed by atoms with Crippen LogP contribution in [0.1, 0.15) is 18.0 Å². The predicted octanol–water partition coefficient (Wildman–Crippen LogP) is 4.70. The Morgan fingerprint density at radius 2 is 1.97 bits per heavy atom. The van der Waals surface area contributed by atoms with Crippen LogP contribution >= 0.6 is 23.2 Å². The summed E-state index contributed by atoms with van der Waals surface area (Å²) in [7, 11) is 1.51. The summed E-state index contributed by atoms with van der Waals surface area (Å²) in [4.78, 5) is 25.3. The molecule has 0 radical (unpaired) electrons. The zero-order valence-electron chi connectivity index (χ0n) is 16.2. The standard InChI is InChI=1S/C21H18Cl2N4O3/c1-11-19(12-3-5-13(22)6-4-12)26-27-16(10-18(28)25-20(11)27)21(29)24-14-7-8-17(30-2)15(23)9-14/h3-9,16H,10H2,1-2H3,(H,24,29)(H,25,28)/t16-/m0/s1. The Bertz CT molecular complexity index is 1140. The number of rotatable bonds is 4. The Labute approximate surface area is 182 Å². The molecule has 4 rings (SSSR count). The molecular formula is C21H18Cl2N4O3. The maximum absolute atomic E-state index is 13.0. The molecular weight excluding hydrogens is 427 g/mol. The van der Waals surface area contributed by atoms with Crippen molar-refractivity contribution < 1.29 is 14.3 Å². The number of carbonyl (C=O) groups is 2. The molecule has 0 spiro atoms. The van der Waals surface area contributed by atoms with Crippen LogP contribution in [0.5, 0.6) is 5.75 Å². The second-order valence-corrected chi connectivity index (χ2v) is 7.72. The maximum atomic E-state index is 13.0. The zero-order chi connectivity index (χ0) is 21.4. The quantitative estimate of drug-likeness (QED) is 0.610. The molecule has 0 saturated carbocycles. The number of nitrogens with zero attached hydrogens (tertiary/aromatic N) is 2. The van der Waals surface area contributed by atoms with Crippen molar-refractivity contribution in [2.24, 2.45) is 0 Å². The summed E-state index contributed by atoms with van der Waals surface area (Å²) >= 11 is 12.1. The van der Waals surface area contributed by atoms with Gasteiger partial charge in [-0.3, -0.25) is 9.59 Å². The number of benzene rings is 2. The molecule has 1 aromatic heterocycles. The molecule has 7 nitrogen and oxygen atoms in total. The lowest BCUT2D eigenvalue weighted by molar-refractivity contribution is -0.125. The summed E-state index contributed by atoms with van der Waals surface area (Å²) in [5, 5.41) is 11.2. The number of carbonyl (C=O) groups excluding carboxylic acids is 2. The molecule has 1 atom stereocenters. The molecule has 0 saturated heterocycles. The van der Waals surface area contributed by atoms with Gasteiger partial charge in [0.2, 0.25) is 11.8 Å². The van der Waals surface area contributed by atoms with Gasteiger partial charge in [-0.25, -0.2) is 4.68 Å². The van der Waals surface area contributed by atoms with Gasteiger partial charge in [0.25, 0.3) is 0 Å².